The first-order chi connectivity index (χ1) is 8.01. The Morgan fingerprint density at radius 1 is 1.29 bits per heavy atom. The van der Waals surface area contributed by atoms with Crippen LogP contribution in [0.3, 0.4) is 0 Å². The highest BCUT2D eigenvalue weighted by Crippen LogP contribution is 2.52. The van der Waals surface area contributed by atoms with Gasteiger partial charge in [0.2, 0.25) is 0 Å². The molecule has 1 aromatic heterocycles. The summed E-state index contributed by atoms with van der Waals surface area (Å²) < 4.78 is 8.05. The van der Waals surface area contributed by atoms with Crippen LogP contribution in [0.25, 0.3) is 0 Å². The lowest BCUT2D eigenvalue weighted by atomic mass is 9.57. The molecule has 3 rings (SSSR count). The van der Waals surface area contributed by atoms with Crippen LogP contribution in [0.4, 0.5) is 0 Å². The molecule has 3 atom stereocenters. The van der Waals surface area contributed by atoms with Gasteiger partial charge in [0.05, 0.1) is 12.1 Å². The van der Waals surface area contributed by atoms with Crippen LogP contribution in [0, 0.1) is 25.2 Å². The zero-order chi connectivity index (χ0) is 12.2. The minimum atomic E-state index is 0.240. The third-order valence-electron chi connectivity index (χ3n) is 4.64. The molecule has 1 aliphatic carbocycles. The monoisotopic (exact) mass is 234 g/mol. The number of nitrogens with one attached hydrogen (secondary N) is 1. The number of nitrogens with zero attached hydrogens (tertiary/aromatic N) is 1. The summed E-state index contributed by atoms with van der Waals surface area (Å²) in [6.07, 6.45) is 1.65. The SMILES string of the molecule is Cc1ccc(C)n1NC1C2CCOC2C1(C)C. The van der Waals surface area contributed by atoms with Gasteiger partial charge in [-0.05, 0) is 32.4 Å². The minimum Gasteiger partial charge on any atom is -0.377 e. The van der Waals surface area contributed by atoms with Gasteiger partial charge in [0.15, 0.2) is 0 Å². The van der Waals surface area contributed by atoms with Crippen molar-refractivity contribution in [2.75, 3.05) is 12.0 Å². The number of aromatic nitrogens is 1. The summed E-state index contributed by atoms with van der Waals surface area (Å²) in [5.74, 6) is 0.686. The second-order valence-electron chi connectivity index (χ2n) is 6.12. The van der Waals surface area contributed by atoms with Crippen molar-refractivity contribution in [1.29, 1.82) is 0 Å². The molecule has 3 heteroatoms. The van der Waals surface area contributed by atoms with E-state index in [0.717, 1.165) is 6.61 Å². The van der Waals surface area contributed by atoms with Crippen molar-refractivity contribution in [2.24, 2.45) is 11.3 Å². The molecular weight excluding hydrogens is 212 g/mol. The van der Waals surface area contributed by atoms with Gasteiger partial charge in [-0.2, -0.15) is 0 Å². The van der Waals surface area contributed by atoms with Crippen LogP contribution in [-0.4, -0.2) is 23.4 Å². The van der Waals surface area contributed by atoms with Crippen molar-refractivity contribution in [1.82, 2.24) is 4.68 Å². The van der Waals surface area contributed by atoms with Gasteiger partial charge in [0.1, 0.15) is 0 Å². The lowest BCUT2D eigenvalue weighted by Gasteiger charge is -2.55. The van der Waals surface area contributed by atoms with Gasteiger partial charge in [-0.25, -0.2) is 0 Å². The van der Waals surface area contributed by atoms with E-state index < -0.39 is 0 Å². The average Bonchev–Trinajstić information content (AvgIpc) is 2.83. The molecule has 0 spiro atoms. The van der Waals surface area contributed by atoms with E-state index in [1.165, 1.54) is 17.8 Å². The molecule has 3 unspecified atom stereocenters. The lowest BCUT2D eigenvalue weighted by Crippen LogP contribution is -2.64. The molecule has 0 radical (unpaired) electrons. The number of hydrogen-bond acceptors (Lipinski definition) is 2. The van der Waals surface area contributed by atoms with E-state index in [9.17, 15) is 0 Å². The molecule has 1 saturated heterocycles. The molecule has 2 heterocycles. The Kier molecular flexibility index (Phi) is 2.31. The minimum absolute atomic E-state index is 0.240. The summed E-state index contributed by atoms with van der Waals surface area (Å²) in [7, 11) is 0. The summed E-state index contributed by atoms with van der Waals surface area (Å²) in [5.41, 5.74) is 6.49. The largest absolute Gasteiger partial charge is 0.377 e. The van der Waals surface area contributed by atoms with E-state index in [1.807, 2.05) is 0 Å². The fourth-order valence-corrected chi connectivity index (χ4v) is 3.60. The third-order valence-corrected chi connectivity index (χ3v) is 4.64. The summed E-state index contributed by atoms with van der Waals surface area (Å²) in [4.78, 5) is 0. The Hall–Kier alpha value is -0.960. The molecule has 0 amide bonds. The van der Waals surface area contributed by atoms with Crippen molar-refractivity contribution in [2.45, 2.75) is 46.3 Å². The van der Waals surface area contributed by atoms with Gasteiger partial charge in [-0.15, -0.1) is 0 Å². The molecule has 0 aromatic carbocycles. The Morgan fingerprint density at radius 3 is 2.59 bits per heavy atom. The summed E-state index contributed by atoms with van der Waals surface area (Å²) in [6, 6.07) is 4.85. The van der Waals surface area contributed by atoms with Crippen molar-refractivity contribution in [3.05, 3.63) is 23.5 Å². The molecule has 3 nitrogen and oxygen atoms in total. The maximum Gasteiger partial charge on any atom is 0.0695 e. The average molecular weight is 234 g/mol. The van der Waals surface area contributed by atoms with Crippen molar-refractivity contribution < 1.29 is 4.74 Å². The maximum atomic E-state index is 5.83. The van der Waals surface area contributed by atoms with Crippen molar-refractivity contribution >= 4 is 0 Å². The van der Waals surface area contributed by atoms with Gasteiger partial charge < -0.3 is 10.2 Å². The number of fused-ring (bicyclic) bond motifs is 1. The fourth-order valence-electron chi connectivity index (χ4n) is 3.60. The first-order valence-electron chi connectivity index (χ1n) is 6.55. The van der Waals surface area contributed by atoms with Crippen LogP contribution in [0.15, 0.2) is 12.1 Å². The van der Waals surface area contributed by atoms with Gasteiger partial charge in [-0.1, -0.05) is 13.8 Å². The van der Waals surface area contributed by atoms with Crippen molar-refractivity contribution in [3.8, 4) is 0 Å². The van der Waals surface area contributed by atoms with Crippen LogP contribution in [0.2, 0.25) is 0 Å². The van der Waals surface area contributed by atoms with Crippen LogP contribution >= 0.6 is 0 Å². The van der Waals surface area contributed by atoms with E-state index in [0.29, 0.717) is 18.1 Å². The van der Waals surface area contributed by atoms with E-state index in [1.54, 1.807) is 0 Å². The van der Waals surface area contributed by atoms with Gasteiger partial charge >= 0.3 is 0 Å². The Morgan fingerprint density at radius 2 is 1.94 bits per heavy atom. The quantitative estimate of drug-likeness (QED) is 0.850. The summed E-state index contributed by atoms with van der Waals surface area (Å²) in [5, 5.41) is 0. The first kappa shape index (κ1) is 11.1. The molecule has 2 aliphatic rings. The molecular formula is C14H22N2O. The smallest absolute Gasteiger partial charge is 0.0695 e. The highest BCUT2D eigenvalue weighted by molar-refractivity contribution is 5.21. The Labute approximate surface area is 103 Å². The van der Waals surface area contributed by atoms with E-state index in [4.69, 9.17) is 4.74 Å². The predicted molar refractivity (Wildman–Crippen MR) is 68.7 cm³/mol. The molecule has 1 N–H and O–H groups in total. The van der Waals surface area contributed by atoms with Crippen LogP contribution in [-0.2, 0) is 4.74 Å². The summed E-state index contributed by atoms with van der Waals surface area (Å²) in [6.45, 7) is 9.85. The van der Waals surface area contributed by atoms with E-state index in [2.05, 4.69) is 49.9 Å². The zero-order valence-corrected chi connectivity index (χ0v) is 11.2. The van der Waals surface area contributed by atoms with E-state index >= 15 is 0 Å². The number of hydrogen-bond donors (Lipinski definition) is 1. The summed E-state index contributed by atoms with van der Waals surface area (Å²) >= 11 is 0. The number of rotatable bonds is 2. The molecule has 2 fully saturated rings. The lowest BCUT2D eigenvalue weighted by molar-refractivity contribution is -0.0960. The molecule has 1 aromatic rings. The standard InChI is InChI=1S/C14H22N2O/c1-9-5-6-10(2)16(9)15-12-11-7-8-17-13(11)14(12,3)4/h5-6,11-13,15H,7-8H2,1-4H3. The highest BCUT2D eigenvalue weighted by atomic mass is 16.5. The zero-order valence-electron chi connectivity index (χ0n) is 11.2. The first-order valence-corrected chi connectivity index (χ1v) is 6.55. The molecule has 17 heavy (non-hydrogen) atoms. The molecule has 0 bridgehead atoms. The topological polar surface area (TPSA) is 26.2 Å². The van der Waals surface area contributed by atoms with E-state index in [-0.39, 0.29) is 5.41 Å². The number of aryl methyl sites for hydroxylation is 2. The molecule has 94 valence electrons. The second-order valence-corrected chi connectivity index (χ2v) is 6.12. The van der Waals surface area contributed by atoms with Crippen LogP contribution in [0.5, 0.6) is 0 Å². The Balaban J connectivity index is 1.82. The van der Waals surface area contributed by atoms with Crippen LogP contribution in [0.1, 0.15) is 31.7 Å². The maximum absolute atomic E-state index is 5.83. The van der Waals surface area contributed by atoms with Gasteiger partial charge in [0, 0.05) is 29.3 Å². The highest BCUT2D eigenvalue weighted by Gasteiger charge is 2.59. The second kappa shape index (κ2) is 3.52. The third kappa shape index (κ3) is 1.45. The molecule has 1 aliphatic heterocycles. The molecule has 1 saturated carbocycles. The van der Waals surface area contributed by atoms with Crippen LogP contribution < -0.4 is 5.43 Å². The van der Waals surface area contributed by atoms with Gasteiger partial charge in [-0.3, -0.25) is 4.68 Å². The normalized spacial score (nSPS) is 34.2. The fraction of sp³-hybridized carbons (Fsp3) is 0.714. The number of ether oxygens (including phenoxy) is 1. The Bertz CT molecular complexity index is 416. The van der Waals surface area contributed by atoms with Gasteiger partial charge in [0.25, 0.3) is 0 Å². The predicted octanol–water partition coefficient (Wildman–Crippen LogP) is 2.46. The van der Waals surface area contributed by atoms with Crippen molar-refractivity contribution in [3.63, 3.8) is 0 Å².